The van der Waals surface area contributed by atoms with E-state index in [0.717, 1.165) is 39.9 Å². The molecule has 1 aromatic heterocycles. The number of hydrogen-bond donors (Lipinski definition) is 12. The number of carboxylic acids is 3. The Hall–Kier alpha value is -7.74. The van der Waals surface area contributed by atoms with Crippen LogP contribution in [0.15, 0.2) is 79.0 Å². The van der Waals surface area contributed by atoms with Gasteiger partial charge in [-0.3, -0.25) is 48.2 Å². The van der Waals surface area contributed by atoms with Gasteiger partial charge >= 0.3 is 25.0 Å². The summed E-state index contributed by atoms with van der Waals surface area (Å²) in [4.78, 5) is 126. The fraction of sp³-hybridized carbons (Fsp3) is 0.569. The molecule has 576 valence electrons. The van der Waals surface area contributed by atoms with E-state index in [-0.39, 0.29) is 115 Å². The van der Waals surface area contributed by atoms with Crippen LogP contribution in [0.4, 0.5) is 5.69 Å². The van der Waals surface area contributed by atoms with Crippen LogP contribution in [0, 0.1) is 9.49 Å². The van der Waals surface area contributed by atoms with Crippen molar-refractivity contribution in [2.24, 2.45) is 5.92 Å². The number of amides is 6. The van der Waals surface area contributed by atoms with Crippen molar-refractivity contribution in [3.8, 4) is 5.75 Å². The van der Waals surface area contributed by atoms with E-state index >= 15 is 0 Å². The third-order valence-corrected chi connectivity index (χ3v) is 19.2. The molecule has 2 saturated heterocycles. The molecule has 2 aliphatic rings. The minimum atomic E-state index is -1.66. The highest BCUT2D eigenvalue weighted by Gasteiger charge is 2.37. The average molecular weight is 1600 g/mol. The molecule has 0 bridgehead atoms. The minimum absolute atomic E-state index is 0.00470. The zero-order valence-electron chi connectivity index (χ0n) is 60.1. The Morgan fingerprint density at radius 3 is 2.05 bits per heavy atom. The maximum Gasteiger partial charge on any atom is 0.475 e. The second kappa shape index (κ2) is 47.7. The zero-order chi connectivity index (χ0) is 75.9. The Morgan fingerprint density at radius 1 is 0.667 bits per heavy atom. The van der Waals surface area contributed by atoms with Gasteiger partial charge in [0, 0.05) is 105 Å². The van der Waals surface area contributed by atoms with E-state index in [4.69, 9.17) is 31.2 Å². The number of aryl methyl sites for hydroxylation is 1. The molecular formula is C72H104BIN12O18S. The molecule has 0 radical (unpaired) electrons. The zero-order valence-corrected chi connectivity index (χ0v) is 63.1. The predicted octanol–water partition coefficient (Wildman–Crippen LogP) is 3.07. The first-order valence-corrected chi connectivity index (χ1v) is 37.5. The van der Waals surface area contributed by atoms with Crippen LogP contribution in [0.3, 0.4) is 0 Å². The first-order chi connectivity index (χ1) is 50.5. The number of hydrogen-bond acceptors (Lipinski definition) is 20. The number of pyridine rings is 1. The molecule has 5 atom stereocenters. The number of aromatic nitrogens is 1. The molecule has 0 spiro atoms. The van der Waals surface area contributed by atoms with E-state index < -0.39 is 72.6 Å². The lowest BCUT2D eigenvalue weighted by atomic mass is 9.78. The molecule has 4 aromatic rings. The van der Waals surface area contributed by atoms with Crippen LogP contribution in [0.5, 0.6) is 5.75 Å². The second-order valence-electron chi connectivity index (χ2n) is 26.4. The second-order valence-corrected chi connectivity index (χ2v) is 28.0. The maximum atomic E-state index is 13.8. The molecule has 2 unspecified atom stereocenters. The minimum Gasteiger partial charge on any atom is -0.484 e. The van der Waals surface area contributed by atoms with Crippen LogP contribution in [0.1, 0.15) is 111 Å². The van der Waals surface area contributed by atoms with Gasteiger partial charge in [-0.1, -0.05) is 24.3 Å². The fourth-order valence-electron chi connectivity index (χ4n) is 12.3. The summed E-state index contributed by atoms with van der Waals surface area (Å²) in [6, 6.07) is 20.0. The number of likely N-dealkylation sites (tertiary alicyclic amines) is 1. The average Bonchev–Trinajstić information content (AvgIpc) is 0.938. The number of ether oxygens (including phenoxy) is 4. The molecular weight excluding hydrogens is 1490 g/mol. The quantitative estimate of drug-likeness (QED) is 0.0131. The van der Waals surface area contributed by atoms with Gasteiger partial charge in [-0.25, -0.2) is 4.79 Å². The lowest BCUT2D eigenvalue weighted by Gasteiger charge is -2.34. The normalized spacial score (nSPS) is 16.7. The standard InChI is InChI=1S/C72H104BIN12O18S/c1-83-33-35-84(2)55(44-52(45-67(91)92)25-32-85(36-34-83)48-68(93)94)43-51-16-20-54(21-17-51)80-72(105)78-28-6-3-10-59(70(96)82-60(71(97)98)11-4-5-27-76-63(87)13-7-9-50-14-18-53(74)19-15-50)81-64(88)26-37-101-39-41-103-42-40-102-38-30-77-65(89)49-104-56-22-23-57-58(24-29-75-61(57)46-56)69(95)79-47-66(90)86-31-8-12-62(86)73(99)100/h14-24,29,46,52,55,59-60,62,99-100H,3-13,25-28,30-45,47-49H2,1-2H3,(H,76,87)(H,77,89)(H,79,95)(H,81,88)(H,82,96)(H,91,92)(H,93,94)(H,97,98)(H2,78,80,105)/t52?,55?,59-,60-,62-/m0/s1. The van der Waals surface area contributed by atoms with Crippen molar-refractivity contribution in [3.05, 3.63) is 99.3 Å². The third kappa shape index (κ3) is 33.7. The predicted molar refractivity (Wildman–Crippen MR) is 406 cm³/mol. The van der Waals surface area contributed by atoms with Crippen LogP contribution in [-0.2, 0) is 65.4 Å². The molecule has 30 nitrogen and oxygen atoms in total. The lowest BCUT2D eigenvalue weighted by molar-refractivity contribution is -0.142. The number of nitrogens with zero attached hydrogens (tertiary/aromatic N) is 5. The van der Waals surface area contributed by atoms with Crippen molar-refractivity contribution in [2.75, 3.05) is 138 Å². The Balaban J connectivity index is 0.884. The third-order valence-electron chi connectivity index (χ3n) is 18.2. The Bertz CT molecular complexity index is 3430. The van der Waals surface area contributed by atoms with Gasteiger partial charge in [0.05, 0.1) is 69.8 Å². The summed E-state index contributed by atoms with van der Waals surface area (Å²) in [5.41, 5.74) is 3.64. The van der Waals surface area contributed by atoms with Gasteiger partial charge in [0.1, 0.15) is 17.8 Å². The molecule has 33 heteroatoms. The van der Waals surface area contributed by atoms with Gasteiger partial charge in [-0.2, -0.15) is 0 Å². The van der Waals surface area contributed by atoms with Gasteiger partial charge in [-0.15, -0.1) is 0 Å². The number of fused-ring (bicyclic) bond motifs is 1. The number of rotatable bonds is 44. The number of anilines is 1. The fourth-order valence-corrected chi connectivity index (χ4v) is 12.9. The summed E-state index contributed by atoms with van der Waals surface area (Å²) in [7, 11) is 2.42. The van der Waals surface area contributed by atoms with Gasteiger partial charge in [0.25, 0.3) is 11.8 Å². The number of aliphatic carboxylic acids is 3. The van der Waals surface area contributed by atoms with Crippen molar-refractivity contribution < 1.29 is 87.5 Å². The van der Waals surface area contributed by atoms with Crippen LogP contribution in [-0.4, -0.2) is 272 Å². The van der Waals surface area contributed by atoms with Crippen LogP contribution >= 0.6 is 34.8 Å². The molecule has 105 heavy (non-hydrogen) atoms. The highest BCUT2D eigenvalue weighted by atomic mass is 127. The highest BCUT2D eigenvalue weighted by Crippen LogP contribution is 2.26. The van der Waals surface area contributed by atoms with Crippen molar-refractivity contribution in [3.63, 3.8) is 0 Å². The van der Waals surface area contributed by atoms with Gasteiger partial charge in [0.15, 0.2) is 11.7 Å². The molecule has 6 amide bonds. The Morgan fingerprint density at radius 2 is 1.34 bits per heavy atom. The summed E-state index contributed by atoms with van der Waals surface area (Å²) in [5, 5.41) is 69.6. The number of carbonyl (C=O) groups excluding carboxylic acids is 6. The van der Waals surface area contributed by atoms with E-state index in [1.165, 1.54) is 17.2 Å². The lowest BCUT2D eigenvalue weighted by Crippen LogP contribution is -2.51. The largest absolute Gasteiger partial charge is 0.484 e. The highest BCUT2D eigenvalue weighted by molar-refractivity contribution is 14.1. The summed E-state index contributed by atoms with van der Waals surface area (Å²) in [6.07, 6.45) is 8.26. The van der Waals surface area contributed by atoms with Crippen molar-refractivity contribution in [1.29, 1.82) is 0 Å². The van der Waals surface area contributed by atoms with Crippen molar-refractivity contribution in [2.45, 2.75) is 127 Å². The maximum absolute atomic E-state index is 13.8. The van der Waals surface area contributed by atoms with Gasteiger partial charge in [0.2, 0.25) is 23.6 Å². The van der Waals surface area contributed by atoms with Crippen LogP contribution in [0.2, 0.25) is 0 Å². The molecule has 0 aliphatic carbocycles. The van der Waals surface area contributed by atoms with Crippen molar-refractivity contribution >= 4 is 117 Å². The summed E-state index contributed by atoms with van der Waals surface area (Å²) >= 11 is 7.88. The topological polar surface area (TPSA) is 402 Å². The summed E-state index contributed by atoms with van der Waals surface area (Å²) in [5.74, 6) is -6.12. The Kier molecular flexibility index (Phi) is 39.2. The number of likely N-dealkylation sites (N-methyl/N-ethyl adjacent to an activating group) is 2. The van der Waals surface area contributed by atoms with Gasteiger partial charge in [-0.05, 0) is 198 Å². The van der Waals surface area contributed by atoms with E-state index in [1.807, 2.05) is 60.5 Å². The SMILES string of the molecule is CN1CCN(CC(=O)O)CCC(CC(=O)O)CC(Cc2ccc(NC(=S)NCCCC[C@H](NC(=O)CCOCCOCCOCCNC(=O)COc3ccc4c(C(=O)NCC(=O)N5CCC[C@H]5B(O)O)ccnc4c3)C(=O)N[C@@H](CCCCNC(=O)CCCc3ccc(I)cc3)C(=O)O)cc2)N(C)CC1. The molecule has 2 fully saturated rings. The van der Waals surface area contributed by atoms with Crippen molar-refractivity contribution in [1.82, 2.24) is 56.5 Å². The number of benzene rings is 3. The summed E-state index contributed by atoms with van der Waals surface area (Å²) < 4.78 is 23.6. The van der Waals surface area contributed by atoms with Crippen LogP contribution < -0.4 is 42.0 Å². The number of carbonyl (C=O) groups is 9. The first-order valence-electron chi connectivity index (χ1n) is 36.0. The van der Waals surface area contributed by atoms with E-state index in [1.54, 1.807) is 18.2 Å². The number of unbranched alkanes of at least 4 members (excludes halogenated alkanes) is 2. The molecule has 3 heterocycles. The Labute approximate surface area is 632 Å². The number of carboxylic acid groups (broad SMARTS) is 3. The summed E-state index contributed by atoms with van der Waals surface area (Å²) in [6.45, 7) is 4.87. The number of nitrogens with one attached hydrogen (secondary N) is 7. The van der Waals surface area contributed by atoms with Crippen LogP contribution in [0.25, 0.3) is 10.9 Å². The molecule has 3 aromatic carbocycles. The molecule has 6 rings (SSSR count). The monoisotopic (exact) mass is 1590 g/mol. The number of halogens is 1. The number of thiocarbonyl (C=S) groups is 1. The molecule has 2 aliphatic heterocycles. The van der Waals surface area contributed by atoms with E-state index in [9.17, 15) is 68.5 Å². The van der Waals surface area contributed by atoms with E-state index in [0.29, 0.717) is 132 Å². The molecule has 12 N–H and O–H groups in total. The van der Waals surface area contributed by atoms with E-state index in [2.05, 4.69) is 81.6 Å². The first kappa shape index (κ1) is 86.2. The van der Waals surface area contributed by atoms with Gasteiger partial charge < -0.3 is 96.2 Å². The smallest absolute Gasteiger partial charge is 0.475 e. The molecule has 0 saturated carbocycles.